The zero-order chi connectivity index (χ0) is 24.4. The van der Waals surface area contributed by atoms with Gasteiger partial charge in [-0.05, 0) is 75.5 Å². The van der Waals surface area contributed by atoms with Gasteiger partial charge in [0.05, 0.1) is 5.56 Å². The number of likely N-dealkylation sites (tertiary alicyclic amines) is 1. The van der Waals surface area contributed by atoms with Gasteiger partial charge in [0.15, 0.2) is 5.75 Å². The number of rotatable bonds is 7. The highest BCUT2D eigenvalue weighted by molar-refractivity contribution is 6.02. The van der Waals surface area contributed by atoms with Crippen molar-refractivity contribution < 1.29 is 9.90 Å². The summed E-state index contributed by atoms with van der Waals surface area (Å²) in [5.74, 6) is 0.304. The molecule has 1 fully saturated rings. The van der Waals surface area contributed by atoms with E-state index in [2.05, 4.69) is 39.0 Å². The van der Waals surface area contributed by atoms with E-state index in [1.165, 1.54) is 17.5 Å². The molecule has 6 heteroatoms. The first-order valence-corrected chi connectivity index (χ1v) is 12.8. The molecule has 2 aromatic carbocycles. The van der Waals surface area contributed by atoms with Crippen molar-refractivity contribution in [1.29, 1.82) is 0 Å². The summed E-state index contributed by atoms with van der Waals surface area (Å²) in [4.78, 5) is 24.7. The summed E-state index contributed by atoms with van der Waals surface area (Å²) in [6, 6.07) is 16.7. The predicted octanol–water partition coefficient (Wildman–Crippen LogP) is 3.82. The lowest BCUT2D eigenvalue weighted by atomic mass is 9.95. The first-order chi connectivity index (χ1) is 17.0. The first-order valence-electron chi connectivity index (χ1n) is 12.8. The lowest BCUT2D eigenvalue weighted by Crippen LogP contribution is -2.48. The summed E-state index contributed by atoms with van der Waals surface area (Å²) >= 11 is 0. The second-order valence-electron chi connectivity index (χ2n) is 10.4. The molecule has 5 rings (SSSR count). The monoisotopic (exact) mass is 472 g/mol. The first kappa shape index (κ1) is 23.8. The van der Waals surface area contributed by atoms with Crippen molar-refractivity contribution in [2.45, 2.75) is 31.7 Å². The SMILES string of the molecule is CN(C)CCN(CC1CCCN(C2Cc3ccccc3C2)C1)C(=O)c1ccc2cccnc2c1O. The van der Waals surface area contributed by atoms with Crippen LogP contribution in [0.1, 0.15) is 34.3 Å². The third-order valence-corrected chi connectivity index (χ3v) is 7.66. The summed E-state index contributed by atoms with van der Waals surface area (Å²) in [5, 5.41) is 11.7. The van der Waals surface area contributed by atoms with E-state index in [0.717, 1.165) is 44.3 Å². The van der Waals surface area contributed by atoms with Gasteiger partial charge in [0.1, 0.15) is 5.52 Å². The van der Waals surface area contributed by atoms with E-state index in [1.807, 2.05) is 37.2 Å². The summed E-state index contributed by atoms with van der Waals surface area (Å²) < 4.78 is 0. The third kappa shape index (κ3) is 5.19. The Balaban J connectivity index is 1.31. The quantitative estimate of drug-likeness (QED) is 0.567. The second-order valence-corrected chi connectivity index (χ2v) is 10.4. The molecule has 1 atom stereocenters. The zero-order valence-electron chi connectivity index (χ0n) is 20.9. The number of aromatic hydroxyl groups is 1. The molecule has 2 aliphatic rings. The molecule has 0 radical (unpaired) electrons. The maximum absolute atomic E-state index is 13.7. The van der Waals surface area contributed by atoms with Gasteiger partial charge in [-0.25, -0.2) is 0 Å². The normalized spacial score (nSPS) is 18.8. The van der Waals surface area contributed by atoms with Gasteiger partial charge in [-0.3, -0.25) is 14.7 Å². The smallest absolute Gasteiger partial charge is 0.257 e. The highest BCUT2D eigenvalue weighted by Crippen LogP contribution is 2.31. The molecule has 184 valence electrons. The molecule has 3 aromatic rings. The summed E-state index contributed by atoms with van der Waals surface area (Å²) in [5.41, 5.74) is 3.80. The standard InChI is InChI=1S/C29H36N4O2/c1-31(2)15-16-33(29(35)26-12-11-22-10-5-13-30-27(22)28(26)34)20-21-7-6-14-32(19-21)25-17-23-8-3-4-9-24(23)18-25/h3-5,8-13,21,25,34H,6-7,14-20H2,1-2H3. The van der Waals surface area contributed by atoms with Crippen LogP contribution >= 0.6 is 0 Å². The third-order valence-electron chi connectivity index (χ3n) is 7.66. The van der Waals surface area contributed by atoms with Crippen molar-refractivity contribution in [2.24, 2.45) is 5.92 Å². The molecule has 0 spiro atoms. The van der Waals surface area contributed by atoms with E-state index in [-0.39, 0.29) is 11.7 Å². The number of pyridine rings is 1. The molecule has 2 heterocycles. The number of carbonyl (C=O) groups excluding carboxylic acids is 1. The number of piperidine rings is 1. The zero-order valence-corrected chi connectivity index (χ0v) is 20.9. The van der Waals surface area contributed by atoms with Gasteiger partial charge in [-0.1, -0.05) is 36.4 Å². The number of hydrogen-bond acceptors (Lipinski definition) is 5. The number of amides is 1. The van der Waals surface area contributed by atoms with Crippen molar-refractivity contribution in [2.75, 3.05) is 46.8 Å². The van der Waals surface area contributed by atoms with E-state index < -0.39 is 0 Å². The predicted molar refractivity (Wildman–Crippen MR) is 140 cm³/mol. The van der Waals surface area contributed by atoms with Gasteiger partial charge < -0.3 is 14.9 Å². The highest BCUT2D eigenvalue weighted by atomic mass is 16.3. The van der Waals surface area contributed by atoms with Gasteiger partial charge in [0, 0.05) is 43.8 Å². The van der Waals surface area contributed by atoms with Crippen LogP contribution in [0.4, 0.5) is 0 Å². The van der Waals surface area contributed by atoms with E-state index in [4.69, 9.17) is 0 Å². The fourth-order valence-corrected chi connectivity index (χ4v) is 5.75. The van der Waals surface area contributed by atoms with E-state index in [0.29, 0.717) is 36.1 Å². The molecule has 1 N–H and O–H groups in total. The Bertz CT molecular complexity index is 1170. The average molecular weight is 473 g/mol. The largest absolute Gasteiger partial charge is 0.505 e. The second kappa shape index (κ2) is 10.3. The van der Waals surface area contributed by atoms with Crippen LogP contribution < -0.4 is 0 Å². The van der Waals surface area contributed by atoms with Crippen LogP contribution in [0.2, 0.25) is 0 Å². The molecular weight excluding hydrogens is 436 g/mol. The summed E-state index contributed by atoms with van der Waals surface area (Å²) in [6.07, 6.45) is 6.21. The fourth-order valence-electron chi connectivity index (χ4n) is 5.75. The number of aromatic nitrogens is 1. The van der Waals surface area contributed by atoms with Crippen LogP contribution in [-0.2, 0) is 12.8 Å². The van der Waals surface area contributed by atoms with Crippen molar-refractivity contribution in [1.82, 2.24) is 19.7 Å². The number of nitrogens with zero attached hydrogens (tertiary/aromatic N) is 4. The number of likely N-dealkylation sites (N-methyl/N-ethyl adjacent to an activating group) is 1. The highest BCUT2D eigenvalue weighted by Gasteiger charge is 2.32. The Labute approximate surface area is 208 Å². The Morgan fingerprint density at radius 1 is 1.06 bits per heavy atom. The summed E-state index contributed by atoms with van der Waals surface area (Å²) in [7, 11) is 4.06. The number of phenolic OH excluding ortho intramolecular Hbond substituents is 1. The lowest BCUT2D eigenvalue weighted by Gasteiger charge is -2.39. The van der Waals surface area contributed by atoms with Crippen molar-refractivity contribution >= 4 is 16.8 Å². The number of hydrogen-bond donors (Lipinski definition) is 1. The molecule has 1 unspecified atom stereocenters. The van der Waals surface area contributed by atoms with Crippen LogP contribution in [0.15, 0.2) is 54.7 Å². The molecule has 35 heavy (non-hydrogen) atoms. The van der Waals surface area contributed by atoms with Crippen LogP contribution in [0.5, 0.6) is 5.75 Å². The average Bonchev–Trinajstić information content (AvgIpc) is 3.31. The van der Waals surface area contributed by atoms with E-state index in [1.54, 1.807) is 12.3 Å². The van der Waals surface area contributed by atoms with E-state index in [9.17, 15) is 9.90 Å². The van der Waals surface area contributed by atoms with Crippen LogP contribution in [0.25, 0.3) is 10.9 Å². The molecule has 0 saturated carbocycles. The minimum atomic E-state index is -0.109. The molecule has 1 aliphatic carbocycles. The fraction of sp³-hybridized carbons (Fsp3) is 0.448. The molecule has 1 aromatic heterocycles. The van der Waals surface area contributed by atoms with Crippen molar-refractivity contribution in [3.05, 3.63) is 71.4 Å². The summed E-state index contributed by atoms with van der Waals surface area (Å²) in [6.45, 7) is 4.29. The van der Waals surface area contributed by atoms with Crippen LogP contribution in [-0.4, -0.2) is 83.6 Å². The van der Waals surface area contributed by atoms with Gasteiger partial charge in [-0.2, -0.15) is 0 Å². The molecule has 0 bridgehead atoms. The van der Waals surface area contributed by atoms with Gasteiger partial charge in [-0.15, -0.1) is 0 Å². The molecule has 6 nitrogen and oxygen atoms in total. The maximum Gasteiger partial charge on any atom is 0.257 e. The Morgan fingerprint density at radius 2 is 1.83 bits per heavy atom. The Morgan fingerprint density at radius 3 is 2.57 bits per heavy atom. The molecule has 1 aliphatic heterocycles. The minimum absolute atomic E-state index is 0.0167. The van der Waals surface area contributed by atoms with Gasteiger partial charge >= 0.3 is 0 Å². The van der Waals surface area contributed by atoms with Gasteiger partial charge in [0.25, 0.3) is 5.91 Å². The van der Waals surface area contributed by atoms with Crippen LogP contribution in [0, 0.1) is 5.92 Å². The van der Waals surface area contributed by atoms with Crippen LogP contribution in [0.3, 0.4) is 0 Å². The number of phenols is 1. The Kier molecular flexibility index (Phi) is 7.02. The number of fused-ring (bicyclic) bond motifs is 2. The number of carbonyl (C=O) groups is 1. The molecule has 1 amide bonds. The van der Waals surface area contributed by atoms with E-state index >= 15 is 0 Å². The molecular formula is C29H36N4O2. The maximum atomic E-state index is 13.7. The van der Waals surface area contributed by atoms with Crippen molar-refractivity contribution in [3.63, 3.8) is 0 Å². The minimum Gasteiger partial charge on any atom is -0.505 e. The Hall–Kier alpha value is -2.96. The molecule has 1 saturated heterocycles. The topological polar surface area (TPSA) is 59.9 Å². The lowest BCUT2D eigenvalue weighted by molar-refractivity contribution is 0.0627. The van der Waals surface area contributed by atoms with Gasteiger partial charge in [0.2, 0.25) is 0 Å². The number of benzene rings is 2. The van der Waals surface area contributed by atoms with Crippen molar-refractivity contribution in [3.8, 4) is 5.75 Å².